The van der Waals surface area contributed by atoms with E-state index < -0.39 is 10.0 Å². The molecule has 0 saturated carbocycles. The fourth-order valence-corrected chi connectivity index (χ4v) is 2.98. The molecule has 0 aliphatic carbocycles. The Hall–Kier alpha value is -1.79. The molecule has 2 N–H and O–H groups in total. The zero-order valence-electron chi connectivity index (χ0n) is 12.2. The number of hydrogen-bond acceptors (Lipinski definition) is 4. The molecule has 5 nitrogen and oxygen atoms in total. The van der Waals surface area contributed by atoms with Gasteiger partial charge in [-0.2, -0.15) is 0 Å². The number of rotatable bonds is 7. The highest BCUT2D eigenvalue weighted by molar-refractivity contribution is 7.89. The number of para-hydroxylation sites is 1. The monoisotopic (exact) mass is 308 g/mol. The number of furan rings is 1. The summed E-state index contributed by atoms with van der Waals surface area (Å²) in [5, 5.41) is 3.25. The predicted molar refractivity (Wildman–Crippen MR) is 82.8 cm³/mol. The maximum Gasteiger partial charge on any atom is 0.242 e. The van der Waals surface area contributed by atoms with Crippen molar-refractivity contribution < 1.29 is 12.8 Å². The van der Waals surface area contributed by atoms with Crippen LogP contribution in [0.3, 0.4) is 0 Å². The van der Waals surface area contributed by atoms with E-state index in [1.54, 1.807) is 24.5 Å². The third-order valence-corrected chi connectivity index (χ3v) is 4.72. The Bertz CT molecular complexity index is 666. The molecule has 1 unspecified atom stereocenters. The smallest absolute Gasteiger partial charge is 0.242 e. The SMILES string of the molecule is CNS(=O)(=O)c1ccccc1NC(C)CCc1ccco1. The lowest BCUT2D eigenvalue weighted by molar-refractivity contribution is 0.495. The third kappa shape index (κ3) is 4.09. The lowest BCUT2D eigenvalue weighted by atomic mass is 10.1. The number of nitrogens with one attached hydrogen (secondary N) is 2. The van der Waals surface area contributed by atoms with Crippen molar-refractivity contribution >= 4 is 15.7 Å². The van der Waals surface area contributed by atoms with Crippen LogP contribution in [-0.4, -0.2) is 21.5 Å². The molecule has 1 aromatic carbocycles. The summed E-state index contributed by atoms with van der Waals surface area (Å²) in [7, 11) is -2.05. The van der Waals surface area contributed by atoms with Crippen LogP contribution >= 0.6 is 0 Å². The first-order valence-corrected chi connectivity index (χ1v) is 8.33. The van der Waals surface area contributed by atoms with Crippen LogP contribution < -0.4 is 10.0 Å². The molecule has 2 aromatic rings. The van der Waals surface area contributed by atoms with Crippen molar-refractivity contribution in [2.75, 3.05) is 12.4 Å². The fourth-order valence-electron chi connectivity index (χ4n) is 2.08. The fraction of sp³-hybridized carbons (Fsp3) is 0.333. The molecule has 0 amide bonds. The van der Waals surface area contributed by atoms with Crippen molar-refractivity contribution in [3.05, 3.63) is 48.4 Å². The van der Waals surface area contributed by atoms with Gasteiger partial charge in [0.15, 0.2) is 0 Å². The Morgan fingerprint density at radius 2 is 1.95 bits per heavy atom. The van der Waals surface area contributed by atoms with E-state index in [1.807, 2.05) is 25.1 Å². The van der Waals surface area contributed by atoms with E-state index in [0.717, 1.165) is 18.6 Å². The van der Waals surface area contributed by atoms with Gasteiger partial charge in [0.25, 0.3) is 0 Å². The molecule has 0 radical (unpaired) electrons. The maximum atomic E-state index is 12.0. The lowest BCUT2D eigenvalue weighted by Crippen LogP contribution is -2.22. The van der Waals surface area contributed by atoms with Gasteiger partial charge in [-0.3, -0.25) is 0 Å². The molecule has 1 aromatic heterocycles. The van der Waals surface area contributed by atoms with Gasteiger partial charge in [-0.25, -0.2) is 13.1 Å². The van der Waals surface area contributed by atoms with E-state index in [9.17, 15) is 8.42 Å². The Morgan fingerprint density at radius 3 is 2.62 bits per heavy atom. The van der Waals surface area contributed by atoms with Gasteiger partial charge < -0.3 is 9.73 Å². The predicted octanol–water partition coefficient (Wildman–Crippen LogP) is 2.62. The molecule has 114 valence electrons. The number of sulfonamides is 1. The van der Waals surface area contributed by atoms with Crippen molar-refractivity contribution in [2.24, 2.45) is 0 Å². The second-order valence-electron chi connectivity index (χ2n) is 4.87. The first-order chi connectivity index (χ1) is 10.0. The molecule has 1 atom stereocenters. The summed E-state index contributed by atoms with van der Waals surface area (Å²) >= 11 is 0. The molecular formula is C15H20N2O3S. The standard InChI is InChI=1S/C15H20N2O3S/c1-12(9-10-13-6-5-11-20-13)17-14-7-3-4-8-15(14)21(18,19)16-2/h3-8,11-12,16-17H,9-10H2,1-2H3. The van der Waals surface area contributed by atoms with Crippen LogP contribution in [0.2, 0.25) is 0 Å². The first-order valence-electron chi connectivity index (χ1n) is 6.84. The minimum atomic E-state index is -3.46. The average Bonchev–Trinajstić information content (AvgIpc) is 2.99. The van der Waals surface area contributed by atoms with Gasteiger partial charge in [-0.05, 0) is 44.7 Å². The molecule has 0 spiro atoms. The second-order valence-corrected chi connectivity index (χ2v) is 6.72. The van der Waals surface area contributed by atoms with Crippen molar-refractivity contribution in [3.63, 3.8) is 0 Å². The normalized spacial score (nSPS) is 13.0. The highest BCUT2D eigenvalue weighted by atomic mass is 32.2. The zero-order valence-corrected chi connectivity index (χ0v) is 13.0. The molecule has 21 heavy (non-hydrogen) atoms. The van der Waals surface area contributed by atoms with Crippen molar-refractivity contribution in [1.82, 2.24) is 4.72 Å². The molecule has 6 heteroatoms. The van der Waals surface area contributed by atoms with Crippen LogP contribution in [0.25, 0.3) is 0 Å². The van der Waals surface area contributed by atoms with Crippen molar-refractivity contribution in [2.45, 2.75) is 30.7 Å². The molecular weight excluding hydrogens is 288 g/mol. The summed E-state index contributed by atoms with van der Waals surface area (Å²) in [6, 6.07) is 10.8. The minimum absolute atomic E-state index is 0.128. The van der Waals surface area contributed by atoms with Gasteiger partial charge >= 0.3 is 0 Å². The van der Waals surface area contributed by atoms with E-state index in [1.165, 1.54) is 7.05 Å². The summed E-state index contributed by atoms with van der Waals surface area (Å²) in [5.74, 6) is 0.930. The summed E-state index contributed by atoms with van der Waals surface area (Å²) in [5.41, 5.74) is 0.610. The first kappa shape index (κ1) is 15.6. The number of aryl methyl sites for hydroxylation is 1. The average molecular weight is 308 g/mol. The van der Waals surface area contributed by atoms with Crippen LogP contribution in [0.5, 0.6) is 0 Å². The molecule has 1 heterocycles. The molecule has 0 fully saturated rings. The molecule has 0 aliphatic rings. The van der Waals surface area contributed by atoms with E-state index in [0.29, 0.717) is 5.69 Å². The zero-order chi connectivity index (χ0) is 15.3. The minimum Gasteiger partial charge on any atom is -0.469 e. The largest absolute Gasteiger partial charge is 0.469 e. The topological polar surface area (TPSA) is 71.3 Å². The Morgan fingerprint density at radius 1 is 1.19 bits per heavy atom. The van der Waals surface area contributed by atoms with E-state index in [4.69, 9.17) is 4.42 Å². The lowest BCUT2D eigenvalue weighted by Gasteiger charge is -2.17. The van der Waals surface area contributed by atoms with Crippen molar-refractivity contribution in [1.29, 1.82) is 0 Å². The molecule has 0 aliphatic heterocycles. The summed E-state index contributed by atoms with van der Waals surface area (Å²) in [6.07, 6.45) is 3.31. The number of benzene rings is 1. The second kappa shape index (κ2) is 6.78. The quantitative estimate of drug-likeness (QED) is 0.825. The molecule has 0 saturated heterocycles. The molecule has 0 bridgehead atoms. The summed E-state index contributed by atoms with van der Waals surface area (Å²) in [4.78, 5) is 0.261. The van der Waals surface area contributed by atoms with Crippen LogP contribution in [0.4, 0.5) is 5.69 Å². The highest BCUT2D eigenvalue weighted by Gasteiger charge is 2.17. The van der Waals surface area contributed by atoms with Gasteiger partial charge in [0, 0.05) is 12.5 Å². The van der Waals surface area contributed by atoms with Gasteiger partial charge in [0.2, 0.25) is 10.0 Å². The van der Waals surface area contributed by atoms with Crippen LogP contribution in [-0.2, 0) is 16.4 Å². The highest BCUT2D eigenvalue weighted by Crippen LogP contribution is 2.22. The number of anilines is 1. The van der Waals surface area contributed by atoms with E-state index >= 15 is 0 Å². The van der Waals surface area contributed by atoms with Gasteiger partial charge in [-0.15, -0.1) is 0 Å². The third-order valence-electron chi connectivity index (χ3n) is 3.25. The van der Waals surface area contributed by atoms with Gasteiger partial charge in [-0.1, -0.05) is 12.1 Å². The number of hydrogen-bond donors (Lipinski definition) is 2. The maximum absolute atomic E-state index is 12.0. The van der Waals surface area contributed by atoms with Crippen LogP contribution in [0, 0.1) is 0 Å². The van der Waals surface area contributed by atoms with E-state index in [2.05, 4.69) is 10.0 Å². The van der Waals surface area contributed by atoms with Crippen LogP contribution in [0.1, 0.15) is 19.1 Å². The molecule has 2 rings (SSSR count). The van der Waals surface area contributed by atoms with Crippen molar-refractivity contribution in [3.8, 4) is 0 Å². The van der Waals surface area contributed by atoms with Crippen LogP contribution in [0.15, 0.2) is 52.0 Å². The Kier molecular flexibility index (Phi) is 5.03. The van der Waals surface area contributed by atoms with E-state index in [-0.39, 0.29) is 10.9 Å². The summed E-state index contributed by atoms with van der Waals surface area (Å²) < 4.78 is 31.6. The van der Waals surface area contributed by atoms with Gasteiger partial charge in [0.05, 0.1) is 12.0 Å². The Labute approximate surface area is 125 Å². The van der Waals surface area contributed by atoms with Gasteiger partial charge in [0.1, 0.15) is 10.7 Å². The summed E-state index contributed by atoms with van der Waals surface area (Å²) in [6.45, 7) is 2.02. The Balaban J connectivity index is 2.05.